The molecule has 0 amide bonds. The third kappa shape index (κ3) is 3.70. The molecule has 0 saturated carbocycles. The summed E-state index contributed by atoms with van der Waals surface area (Å²) in [5, 5.41) is 15.4. The third-order valence-corrected chi connectivity index (χ3v) is 3.64. The van der Waals surface area contributed by atoms with E-state index in [1.165, 1.54) is 11.9 Å². The van der Waals surface area contributed by atoms with Gasteiger partial charge in [0.15, 0.2) is 0 Å². The van der Waals surface area contributed by atoms with Crippen LogP contribution in [0.3, 0.4) is 0 Å². The first-order valence-corrected chi connectivity index (χ1v) is 8.09. The van der Waals surface area contributed by atoms with Crippen LogP contribution in [-0.4, -0.2) is 42.5 Å². The van der Waals surface area contributed by atoms with Crippen molar-refractivity contribution in [3.05, 3.63) is 36.0 Å². The van der Waals surface area contributed by atoms with Crippen LogP contribution < -0.4 is 10.6 Å². The molecule has 8 heteroatoms. The predicted molar refractivity (Wildman–Crippen MR) is 92.9 cm³/mol. The number of rotatable bonds is 6. The topological polar surface area (TPSA) is 85.0 Å². The molecule has 0 spiro atoms. The van der Waals surface area contributed by atoms with Gasteiger partial charge in [-0.05, 0) is 27.7 Å². The number of fused-ring (bicyclic) bond motifs is 1. The van der Waals surface area contributed by atoms with E-state index >= 15 is 0 Å². The average Bonchev–Trinajstić information content (AvgIpc) is 3.14. The van der Waals surface area contributed by atoms with E-state index in [9.17, 15) is 0 Å². The van der Waals surface area contributed by atoms with Gasteiger partial charge in [-0.1, -0.05) is 0 Å². The highest BCUT2D eigenvalue weighted by atomic mass is 15.4. The van der Waals surface area contributed by atoms with Crippen molar-refractivity contribution < 1.29 is 0 Å². The molecular weight excluding hydrogens is 304 g/mol. The summed E-state index contributed by atoms with van der Waals surface area (Å²) < 4.78 is 3.70. The molecule has 0 saturated heterocycles. The maximum absolute atomic E-state index is 4.41. The molecule has 24 heavy (non-hydrogen) atoms. The highest BCUT2D eigenvalue weighted by Crippen LogP contribution is 2.13. The summed E-state index contributed by atoms with van der Waals surface area (Å²) in [7, 11) is 0. The number of nitrogens with zero attached hydrogens (tertiary/aromatic N) is 6. The van der Waals surface area contributed by atoms with Gasteiger partial charge >= 0.3 is 0 Å². The van der Waals surface area contributed by atoms with Gasteiger partial charge in [0.1, 0.15) is 12.1 Å². The van der Waals surface area contributed by atoms with Crippen LogP contribution >= 0.6 is 0 Å². The van der Waals surface area contributed by atoms with Gasteiger partial charge in [0.25, 0.3) is 5.78 Å². The summed E-state index contributed by atoms with van der Waals surface area (Å²) in [6.07, 6.45) is 5.51. The molecular formula is C16H24N8. The van der Waals surface area contributed by atoms with Crippen LogP contribution in [0.1, 0.15) is 32.0 Å². The Morgan fingerprint density at radius 3 is 2.75 bits per heavy atom. The van der Waals surface area contributed by atoms with Crippen LogP contribution in [0, 0.1) is 6.92 Å². The first-order valence-electron chi connectivity index (χ1n) is 8.09. The Kier molecular flexibility index (Phi) is 4.48. The molecule has 3 heterocycles. The molecule has 0 aliphatic carbocycles. The van der Waals surface area contributed by atoms with Crippen LogP contribution in [0.25, 0.3) is 5.78 Å². The molecule has 3 rings (SSSR count). The van der Waals surface area contributed by atoms with Crippen LogP contribution in [0.4, 0.5) is 5.82 Å². The van der Waals surface area contributed by atoms with Crippen molar-refractivity contribution in [1.29, 1.82) is 0 Å². The Hall–Kier alpha value is -2.48. The third-order valence-electron chi connectivity index (χ3n) is 3.64. The van der Waals surface area contributed by atoms with E-state index in [1.807, 2.05) is 23.9 Å². The molecule has 2 N–H and O–H groups in total. The summed E-state index contributed by atoms with van der Waals surface area (Å²) in [6.45, 7) is 10.8. The zero-order chi connectivity index (χ0) is 17.2. The minimum atomic E-state index is 0.0161. The summed E-state index contributed by atoms with van der Waals surface area (Å²) in [4.78, 5) is 8.45. The lowest BCUT2D eigenvalue weighted by atomic mass is 10.1. The fourth-order valence-electron chi connectivity index (χ4n) is 2.39. The van der Waals surface area contributed by atoms with E-state index in [0.717, 1.165) is 31.1 Å². The second kappa shape index (κ2) is 6.56. The molecule has 3 aromatic rings. The van der Waals surface area contributed by atoms with E-state index in [-0.39, 0.29) is 5.54 Å². The number of aromatic nitrogens is 6. The largest absolute Gasteiger partial charge is 0.369 e. The smallest absolute Gasteiger partial charge is 0.254 e. The molecule has 0 bridgehead atoms. The zero-order valence-corrected chi connectivity index (χ0v) is 14.6. The maximum atomic E-state index is 4.41. The minimum absolute atomic E-state index is 0.0161. The number of hydrogen-bond donors (Lipinski definition) is 2. The average molecular weight is 328 g/mol. The first kappa shape index (κ1) is 16.4. The Labute approximate surface area is 141 Å². The Bertz CT molecular complexity index is 811. The first-order chi connectivity index (χ1) is 11.4. The molecule has 0 atom stereocenters. The lowest BCUT2D eigenvalue weighted by Crippen LogP contribution is -2.23. The van der Waals surface area contributed by atoms with Crippen molar-refractivity contribution in [3.63, 3.8) is 0 Å². The summed E-state index contributed by atoms with van der Waals surface area (Å²) >= 11 is 0. The summed E-state index contributed by atoms with van der Waals surface area (Å²) in [6, 6.07) is 1.97. The Balaban J connectivity index is 1.49. The van der Waals surface area contributed by atoms with Crippen LogP contribution in [-0.2, 0) is 12.1 Å². The van der Waals surface area contributed by atoms with Gasteiger partial charge in [-0.25, -0.2) is 4.98 Å². The van der Waals surface area contributed by atoms with Crippen LogP contribution in [0.15, 0.2) is 24.8 Å². The van der Waals surface area contributed by atoms with E-state index in [1.54, 1.807) is 4.52 Å². The summed E-state index contributed by atoms with van der Waals surface area (Å²) in [5.41, 5.74) is 2.12. The second-order valence-electron chi connectivity index (χ2n) is 6.82. The van der Waals surface area contributed by atoms with Crippen molar-refractivity contribution in [2.24, 2.45) is 0 Å². The number of anilines is 1. The van der Waals surface area contributed by atoms with Crippen molar-refractivity contribution >= 4 is 11.6 Å². The normalized spacial score (nSPS) is 12.0. The lowest BCUT2D eigenvalue weighted by molar-refractivity contribution is 0.355. The van der Waals surface area contributed by atoms with Crippen molar-refractivity contribution in [2.75, 3.05) is 18.4 Å². The van der Waals surface area contributed by atoms with Crippen molar-refractivity contribution in [3.8, 4) is 0 Å². The number of nitrogens with one attached hydrogen (secondary N) is 2. The van der Waals surface area contributed by atoms with E-state index in [0.29, 0.717) is 5.78 Å². The van der Waals surface area contributed by atoms with E-state index in [2.05, 4.69) is 57.8 Å². The molecule has 128 valence electrons. The van der Waals surface area contributed by atoms with Gasteiger partial charge in [-0.2, -0.15) is 19.7 Å². The Morgan fingerprint density at radius 2 is 2.00 bits per heavy atom. The van der Waals surface area contributed by atoms with Gasteiger partial charge in [0.2, 0.25) is 0 Å². The number of aryl methyl sites for hydroxylation is 1. The van der Waals surface area contributed by atoms with Gasteiger partial charge in [0.05, 0.1) is 11.7 Å². The lowest BCUT2D eigenvalue weighted by Gasteiger charge is -2.18. The highest BCUT2D eigenvalue weighted by molar-refractivity contribution is 5.44. The van der Waals surface area contributed by atoms with Gasteiger partial charge in [0, 0.05) is 43.2 Å². The van der Waals surface area contributed by atoms with E-state index < -0.39 is 0 Å². The molecule has 0 unspecified atom stereocenters. The molecule has 0 fully saturated rings. The van der Waals surface area contributed by atoms with Gasteiger partial charge < -0.3 is 10.6 Å². The van der Waals surface area contributed by atoms with Crippen LogP contribution in [0.5, 0.6) is 0 Å². The molecule has 0 aliphatic heterocycles. The standard InChI is InChI=1S/C16H24N8/c1-12-7-14(24-15(22-12)19-11-21-24)18-6-5-17-8-13-9-20-23(10-13)16(2,3)4/h7,9-11,17-18H,5-6,8H2,1-4H3. The SMILES string of the molecule is Cc1cc(NCCNCc2cnn(C(C)(C)C)c2)n2ncnc2n1. The Morgan fingerprint density at radius 1 is 1.17 bits per heavy atom. The zero-order valence-electron chi connectivity index (χ0n) is 14.6. The van der Waals surface area contributed by atoms with Gasteiger partial charge in [-0.15, -0.1) is 0 Å². The number of hydrogen-bond acceptors (Lipinski definition) is 6. The highest BCUT2D eigenvalue weighted by Gasteiger charge is 2.13. The fraction of sp³-hybridized carbons (Fsp3) is 0.500. The molecule has 0 aliphatic rings. The fourth-order valence-corrected chi connectivity index (χ4v) is 2.39. The van der Waals surface area contributed by atoms with Crippen molar-refractivity contribution in [1.82, 2.24) is 34.7 Å². The van der Waals surface area contributed by atoms with Gasteiger partial charge in [-0.3, -0.25) is 4.68 Å². The molecule has 3 aromatic heterocycles. The summed E-state index contributed by atoms with van der Waals surface area (Å²) in [5.74, 6) is 1.51. The molecule has 8 nitrogen and oxygen atoms in total. The monoisotopic (exact) mass is 328 g/mol. The molecule has 0 aromatic carbocycles. The predicted octanol–water partition coefficient (Wildman–Crippen LogP) is 1.59. The maximum Gasteiger partial charge on any atom is 0.254 e. The van der Waals surface area contributed by atoms with Crippen LogP contribution in [0.2, 0.25) is 0 Å². The van der Waals surface area contributed by atoms with Crippen molar-refractivity contribution in [2.45, 2.75) is 39.8 Å². The minimum Gasteiger partial charge on any atom is -0.369 e. The van der Waals surface area contributed by atoms with E-state index in [4.69, 9.17) is 0 Å². The quantitative estimate of drug-likeness (QED) is 0.668. The second-order valence-corrected chi connectivity index (χ2v) is 6.82. The molecule has 0 radical (unpaired) electrons.